The van der Waals surface area contributed by atoms with Crippen LogP contribution in [0.3, 0.4) is 0 Å². The SMILES string of the molecule is Cc1ccc2c(c1)[C@H]1CCCCN(C(=O)c3ccc4nc[nH]c4c3)[C@H]1C2. The fraction of sp³-hybridized carbons (Fsp3) is 0.364. The van der Waals surface area contributed by atoms with Gasteiger partial charge in [-0.15, -0.1) is 0 Å². The van der Waals surface area contributed by atoms with E-state index < -0.39 is 0 Å². The summed E-state index contributed by atoms with van der Waals surface area (Å²) in [5.41, 5.74) is 6.80. The van der Waals surface area contributed by atoms with E-state index in [9.17, 15) is 4.79 Å². The maximum atomic E-state index is 13.4. The van der Waals surface area contributed by atoms with Gasteiger partial charge in [-0.2, -0.15) is 0 Å². The first-order valence-corrected chi connectivity index (χ1v) is 9.54. The molecule has 26 heavy (non-hydrogen) atoms. The molecule has 3 aromatic rings. The maximum Gasteiger partial charge on any atom is 0.254 e. The Kier molecular flexibility index (Phi) is 3.59. The number of nitrogens with one attached hydrogen (secondary N) is 1. The molecule has 1 aromatic heterocycles. The first kappa shape index (κ1) is 15.6. The zero-order chi connectivity index (χ0) is 17.7. The quantitative estimate of drug-likeness (QED) is 0.718. The summed E-state index contributed by atoms with van der Waals surface area (Å²) in [6.07, 6.45) is 6.13. The number of amides is 1. The molecule has 4 heteroatoms. The number of imidazole rings is 1. The van der Waals surface area contributed by atoms with Gasteiger partial charge in [0, 0.05) is 24.1 Å². The van der Waals surface area contributed by atoms with E-state index in [-0.39, 0.29) is 5.91 Å². The van der Waals surface area contributed by atoms with Gasteiger partial charge >= 0.3 is 0 Å². The van der Waals surface area contributed by atoms with Crippen molar-refractivity contribution >= 4 is 16.9 Å². The summed E-state index contributed by atoms with van der Waals surface area (Å²) in [5.74, 6) is 0.634. The lowest BCUT2D eigenvalue weighted by molar-refractivity contribution is 0.0676. The van der Waals surface area contributed by atoms with E-state index in [0.717, 1.165) is 36.0 Å². The van der Waals surface area contributed by atoms with Gasteiger partial charge in [-0.3, -0.25) is 4.79 Å². The van der Waals surface area contributed by atoms with Crippen LogP contribution in [0.25, 0.3) is 11.0 Å². The van der Waals surface area contributed by atoms with Crippen molar-refractivity contribution in [1.29, 1.82) is 0 Å². The highest BCUT2D eigenvalue weighted by Crippen LogP contribution is 2.42. The van der Waals surface area contributed by atoms with Crippen LogP contribution >= 0.6 is 0 Å². The average molecular weight is 345 g/mol. The molecule has 4 nitrogen and oxygen atoms in total. The molecule has 132 valence electrons. The molecule has 0 unspecified atom stereocenters. The molecule has 1 amide bonds. The fourth-order valence-corrected chi connectivity index (χ4v) is 4.79. The van der Waals surface area contributed by atoms with Gasteiger partial charge in [0.15, 0.2) is 0 Å². The Morgan fingerprint density at radius 3 is 3.04 bits per heavy atom. The number of H-pyrrole nitrogens is 1. The highest BCUT2D eigenvalue weighted by molar-refractivity contribution is 5.97. The molecule has 1 fully saturated rings. The van der Waals surface area contributed by atoms with Crippen molar-refractivity contribution in [1.82, 2.24) is 14.9 Å². The number of aromatic amines is 1. The molecule has 0 spiro atoms. The highest BCUT2D eigenvalue weighted by atomic mass is 16.2. The van der Waals surface area contributed by atoms with Gasteiger partial charge in [-0.1, -0.05) is 30.2 Å². The molecule has 0 saturated carbocycles. The van der Waals surface area contributed by atoms with Crippen LogP contribution in [0.15, 0.2) is 42.7 Å². The lowest BCUT2D eigenvalue weighted by Crippen LogP contribution is -2.42. The molecule has 2 aliphatic rings. The van der Waals surface area contributed by atoms with E-state index in [1.165, 1.54) is 29.5 Å². The number of aryl methyl sites for hydroxylation is 1. The Bertz CT molecular complexity index is 990. The molecular formula is C22H23N3O. The molecule has 1 saturated heterocycles. The number of fused-ring (bicyclic) bond motifs is 4. The Balaban J connectivity index is 1.50. The van der Waals surface area contributed by atoms with E-state index >= 15 is 0 Å². The second kappa shape index (κ2) is 5.97. The lowest BCUT2D eigenvalue weighted by Gasteiger charge is -2.31. The number of rotatable bonds is 1. The molecule has 5 rings (SSSR count). The van der Waals surface area contributed by atoms with Crippen LogP contribution in [0.1, 0.15) is 52.2 Å². The largest absolute Gasteiger partial charge is 0.345 e. The zero-order valence-corrected chi connectivity index (χ0v) is 15.0. The van der Waals surface area contributed by atoms with Crippen molar-refractivity contribution in [3.63, 3.8) is 0 Å². The van der Waals surface area contributed by atoms with Crippen LogP contribution in [-0.2, 0) is 6.42 Å². The van der Waals surface area contributed by atoms with Gasteiger partial charge in [0.25, 0.3) is 5.91 Å². The average Bonchev–Trinajstić information content (AvgIpc) is 3.19. The molecule has 2 heterocycles. The predicted molar refractivity (Wildman–Crippen MR) is 102 cm³/mol. The Morgan fingerprint density at radius 2 is 2.12 bits per heavy atom. The molecule has 2 atom stereocenters. The first-order chi connectivity index (χ1) is 12.7. The summed E-state index contributed by atoms with van der Waals surface area (Å²) in [6.45, 7) is 3.01. The lowest BCUT2D eigenvalue weighted by atomic mass is 9.92. The monoisotopic (exact) mass is 345 g/mol. The van der Waals surface area contributed by atoms with Gasteiger partial charge in [0.1, 0.15) is 0 Å². The zero-order valence-electron chi connectivity index (χ0n) is 15.0. The second-order valence-corrected chi connectivity index (χ2v) is 7.71. The van der Waals surface area contributed by atoms with Crippen LogP contribution in [0, 0.1) is 6.92 Å². The van der Waals surface area contributed by atoms with Crippen LogP contribution in [0.5, 0.6) is 0 Å². The number of carbonyl (C=O) groups excluding carboxylic acids is 1. The number of benzene rings is 2. The van der Waals surface area contributed by atoms with E-state index in [1.807, 2.05) is 18.2 Å². The molecular weight excluding hydrogens is 322 g/mol. The fourth-order valence-electron chi connectivity index (χ4n) is 4.79. The van der Waals surface area contributed by atoms with Gasteiger partial charge in [0.2, 0.25) is 0 Å². The third kappa shape index (κ3) is 2.44. The topological polar surface area (TPSA) is 49.0 Å². The number of likely N-dealkylation sites (tertiary alicyclic amines) is 1. The second-order valence-electron chi connectivity index (χ2n) is 7.71. The van der Waals surface area contributed by atoms with Gasteiger partial charge in [0.05, 0.1) is 17.4 Å². The standard InChI is InChI=1S/C22H23N3O/c1-14-5-6-15-12-21-17(18(15)10-14)4-2-3-9-25(21)22(26)16-7-8-19-20(11-16)24-13-23-19/h5-8,10-11,13,17,21H,2-4,9,12H2,1H3,(H,23,24)/t17-,21+/m1/s1. The summed E-state index contributed by atoms with van der Waals surface area (Å²) in [7, 11) is 0. The number of hydrogen-bond donors (Lipinski definition) is 1. The maximum absolute atomic E-state index is 13.4. The summed E-state index contributed by atoms with van der Waals surface area (Å²) < 4.78 is 0. The van der Waals surface area contributed by atoms with Gasteiger partial charge in [-0.05, 0) is 55.5 Å². The minimum absolute atomic E-state index is 0.155. The summed E-state index contributed by atoms with van der Waals surface area (Å²) in [6, 6.07) is 12.9. The number of hydrogen-bond acceptors (Lipinski definition) is 2. The Hall–Kier alpha value is -2.62. The van der Waals surface area contributed by atoms with Crippen LogP contribution in [0.2, 0.25) is 0 Å². The number of carbonyl (C=O) groups is 1. The summed E-state index contributed by atoms with van der Waals surface area (Å²) >= 11 is 0. The smallest absolute Gasteiger partial charge is 0.254 e. The Morgan fingerprint density at radius 1 is 1.19 bits per heavy atom. The molecule has 0 bridgehead atoms. The molecule has 2 aromatic carbocycles. The molecule has 1 aliphatic carbocycles. The van der Waals surface area contributed by atoms with E-state index in [4.69, 9.17) is 0 Å². The minimum atomic E-state index is 0.155. The number of nitrogens with zero attached hydrogens (tertiary/aromatic N) is 2. The normalized spacial score (nSPS) is 22.1. The van der Waals surface area contributed by atoms with Crippen LogP contribution < -0.4 is 0 Å². The van der Waals surface area contributed by atoms with E-state index in [0.29, 0.717) is 12.0 Å². The van der Waals surface area contributed by atoms with Crippen molar-refractivity contribution in [3.05, 3.63) is 65.0 Å². The molecule has 0 radical (unpaired) electrons. The molecule has 1 N–H and O–H groups in total. The summed E-state index contributed by atoms with van der Waals surface area (Å²) in [4.78, 5) is 22.9. The minimum Gasteiger partial charge on any atom is -0.345 e. The van der Waals surface area contributed by atoms with Gasteiger partial charge in [-0.25, -0.2) is 4.98 Å². The van der Waals surface area contributed by atoms with Crippen molar-refractivity contribution in [2.75, 3.05) is 6.54 Å². The van der Waals surface area contributed by atoms with Crippen molar-refractivity contribution < 1.29 is 4.79 Å². The third-order valence-electron chi connectivity index (χ3n) is 6.09. The van der Waals surface area contributed by atoms with Crippen molar-refractivity contribution in [2.24, 2.45) is 0 Å². The third-order valence-corrected chi connectivity index (χ3v) is 6.09. The van der Waals surface area contributed by atoms with Crippen molar-refractivity contribution in [3.8, 4) is 0 Å². The Labute approximate surface area is 153 Å². The predicted octanol–water partition coefficient (Wildman–Crippen LogP) is 4.21. The first-order valence-electron chi connectivity index (χ1n) is 9.54. The summed E-state index contributed by atoms with van der Waals surface area (Å²) in [5, 5.41) is 0. The van der Waals surface area contributed by atoms with Crippen molar-refractivity contribution in [2.45, 2.75) is 44.6 Å². The van der Waals surface area contributed by atoms with E-state index in [1.54, 1.807) is 6.33 Å². The molecule has 1 aliphatic heterocycles. The van der Waals surface area contributed by atoms with Crippen LogP contribution in [0.4, 0.5) is 0 Å². The van der Waals surface area contributed by atoms with Gasteiger partial charge < -0.3 is 9.88 Å². The van der Waals surface area contributed by atoms with E-state index in [2.05, 4.69) is 40.0 Å². The number of aromatic nitrogens is 2. The van der Waals surface area contributed by atoms with Crippen LogP contribution in [-0.4, -0.2) is 33.4 Å². The highest BCUT2D eigenvalue weighted by Gasteiger charge is 2.39.